The number of fused-ring (bicyclic) bond motifs is 1. The average molecular weight is 179 g/mol. The fraction of sp³-hybridized carbons (Fsp3) is 0.222. The lowest BCUT2D eigenvalue weighted by atomic mass is 10.3. The van der Waals surface area contributed by atoms with Crippen LogP contribution in [0.2, 0.25) is 0 Å². The lowest BCUT2D eigenvalue weighted by Gasteiger charge is -1.87. The van der Waals surface area contributed by atoms with Gasteiger partial charge in [0, 0.05) is 11.3 Å². The number of hydrogen-bond acceptors (Lipinski definition) is 3. The monoisotopic (exact) mass is 179 g/mol. The van der Waals surface area contributed by atoms with Crippen LogP contribution in [0.1, 0.15) is 12.8 Å². The first kappa shape index (κ1) is 7.68. The van der Waals surface area contributed by atoms with E-state index in [9.17, 15) is 0 Å². The molecule has 2 nitrogen and oxygen atoms in total. The highest BCUT2D eigenvalue weighted by atomic mass is 32.1. The van der Waals surface area contributed by atoms with Gasteiger partial charge in [-0.15, -0.1) is 12.6 Å². The molecule has 0 aliphatic carbocycles. The van der Waals surface area contributed by atoms with E-state index in [2.05, 4.69) is 17.6 Å². The van der Waals surface area contributed by atoms with Gasteiger partial charge in [-0.05, 0) is 18.2 Å². The standard InChI is InChI=1S/C9H9NOS/c1-2-9-10-7-4-3-6(12)5-8(7)11-9/h3-5,12H,2H2,1H3. The van der Waals surface area contributed by atoms with Gasteiger partial charge in [0.1, 0.15) is 5.52 Å². The first-order chi connectivity index (χ1) is 5.79. The van der Waals surface area contributed by atoms with Crippen molar-refractivity contribution in [2.75, 3.05) is 0 Å². The Morgan fingerprint density at radius 3 is 3.08 bits per heavy atom. The summed E-state index contributed by atoms with van der Waals surface area (Å²) < 4.78 is 5.44. The predicted molar refractivity (Wildman–Crippen MR) is 50.6 cm³/mol. The molecule has 62 valence electrons. The van der Waals surface area contributed by atoms with E-state index in [0.29, 0.717) is 0 Å². The van der Waals surface area contributed by atoms with Crippen LogP contribution in [0.15, 0.2) is 27.5 Å². The molecule has 0 radical (unpaired) electrons. The summed E-state index contributed by atoms with van der Waals surface area (Å²) in [6, 6.07) is 5.71. The maximum atomic E-state index is 5.44. The Morgan fingerprint density at radius 1 is 1.50 bits per heavy atom. The zero-order valence-electron chi connectivity index (χ0n) is 6.74. The van der Waals surface area contributed by atoms with Gasteiger partial charge in [0.15, 0.2) is 11.5 Å². The summed E-state index contributed by atoms with van der Waals surface area (Å²) in [4.78, 5) is 5.18. The molecular formula is C9H9NOS. The van der Waals surface area contributed by atoms with Gasteiger partial charge in [-0.2, -0.15) is 0 Å². The van der Waals surface area contributed by atoms with Gasteiger partial charge < -0.3 is 4.42 Å². The van der Waals surface area contributed by atoms with Crippen molar-refractivity contribution in [2.45, 2.75) is 18.2 Å². The van der Waals surface area contributed by atoms with E-state index in [-0.39, 0.29) is 0 Å². The predicted octanol–water partition coefficient (Wildman–Crippen LogP) is 2.68. The van der Waals surface area contributed by atoms with Gasteiger partial charge in [-0.1, -0.05) is 6.92 Å². The maximum Gasteiger partial charge on any atom is 0.195 e. The summed E-state index contributed by atoms with van der Waals surface area (Å²) >= 11 is 4.21. The van der Waals surface area contributed by atoms with Crippen LogP contribution in [0.4, 0.5) is 0 Å². The average Bonchev–Trinajstić information content (AvgIpc) is 2.46. The van der Waals surface area contributed by atoms with E-state index in [0.717, 1.165) is 28.3 Å². The first-order valence-electron chi connectivity index (χ1n) is 3.88. The van der Waals surface area contributed by atoms with Crippen LogP contribution in [-0.4, -0.2) is 4.98 Å². The molecule has 0 atom stereocenters. The molecule has 0 spiro atoms. The van der Waals surface area contributed by atoms with Gasteiger partial charge in [0.2, 0.25) is 0 Å². The molecule has 2 rings (SSSR count). The third-order valence-corrected chi connectivity index (χ3v) is 2.00. The summed E-state index contributed by atoms with van der Waals surface area (Å²) in [5, 5.41) is 0. The van der Waals surface area contributed by atoms with Gasteiger partial charge in [-0.3, -0.25) is 0 Å². The number of nitrogens with zero attached hydrogens (tertiary/aromatic N) is 1. The summed E-state index contributed by atoms with van der Waals surface area (Å²) in [5.74, 6) is 0.781. The molecule has 0 aliphatic heterocycles. The fourth-order valence-corrected chi connectivity index (χ4v) is 1.30. The number of aromatic nitrogens is 1. The SMILES string of the molecule is CCc1nc2ccc(S)cc2o1. The Morgan fingerprint density at radius 2 is 2.33 bits per heavy atom. The zero-order valence-corrected chi connectivity index (χ0v) is 7.64. The van der Waals surface area contributed by atoms with Crippen molar-refractivity contribution in [1.82, 2.24) is 4.98 Å². The Bertz CT molecular complexity index is 408. The van der Waals surface area contributed by atoms with Crippen LogP contribution < -0.4 is 0 Å². The summed E-state index contributed by atoms with van der Waals surface area (Å²) in [6.45, 7) is 2.02. The quantitative estimate of drug-likeness (QED) is 0.681. The van der Waals surface area contributed by atoms with Crippen molar-refractivity contribution < 1.29 is 4.42 Å². The van der Waals surface area contributed by atoms with Crippen LogP contribution >= 0.6 is 12.6 Å². The van der Waals surface area contributed by atoms with Gasteiger partial charge >= 0.3 is 0 Å². The Kier molecular flexibility index (Phi) is 1.81. The van der Waals surface area contributed by atoms with E-state index in [1.54, 1.807) is 0 Å². The van der Waals surface area contributed by atoms with E-state index in [1.807, 2.05) is 25.1 Å². The molecule has 0 unspecified atom stereocenters. The van der Waals surface area contributed by atoms with E-state index < -0.39 is 0 Å². The van der Waals surface area contributed by atoms with Crippen LogP contribution in [0.25, 0.3) is 11.1 Å². The molecule has 2 aromatic rings. The highest BCUT2D eigenvalue weighted by Crippen LogP contribution is 2.18. The minimum Gasteiger partial charge on any atom is -0.441 e. The highest BCUT2D eigenvalue weighted by molar-refractivity contribution is 7.80. The van der Waals surface area contributed by atoms with Crippen molar-refractivity contribution in [1.29, 1.82) is 0 Å². The minimum absolute atomic E-state index is 0.781. The molecule has 1 aromatic heterocycles. The molecule has 0 amide bonds. The normalized spacial score (nSPS) is 10.8. The molecule has 12 heavy (non-hydrogen) atoms. The van der Waals surface area contributed by atoms with Crippen molar-refractivity contribution in [3.8, 4) is 0 Å². The molecule has 0 saturated heterocycles. The minimum atomic E-state index is 0.781. The molecule has 0 N–H and O–H groups in total. The van der Waals surface area contributed by atoms with Crippen LogP contribution in [-0.2, 0) is 6.42 Å². The molecule has 3 heteroatoms. The smallest absolute Gasteiger partial charge is 0.195 e. The van der Waals surface area contributed by atoms with Crippen molar-refractivity contribution in [3.05, 3.63) is 24.1 Å². The second-order valence-electron chi connectivity index (χ2n) is 2.61. The zero-order chi connectivity index (χ0) is 8.55. The van der Waals surface area contributed by atoms with Crippen LogP contribution in [0, 0.1) is 0 Å². The first-order valence-corrected chi connectivity index (χ1v) is 4.32. The number of thiol groups is 1. The number of aryl methyl sites for hydroxylation is 1. The Hall–Kier alpha value is -0.960. The van der Waals surface area contributed by atoms with E-state index in [1.165, 1.54) is 0 Å². The molecule has 1 aromatic carbocycles. The fourth-order valence-electron chi connectivity index (χ4n) is 1.11. The number of oxazole rings is 1. The molecule has 0 aliphatic rings. The topological polar surface area (TPSA) is 26.0 Å². The second-order valence-corrected chi connectivity index (χ2v) is 3.13. The van der Waals surface area contributed by atoms with Crippen LogP contribution in [0.5, 0.6) is 0 Å². The van der Waals surface area contributed by atoms with Crippen molar-refractivity contribution in [3.63, 3.8) is 0 Å². The number of hydrogen-bond donors (Lipinski definition) is 1. The van der Waals surface area contributed by atoms with E-state index in [4.69, 9.17) is 4.42 Å². The molecule has 0 bridgehead atoms. The molecule has 0 saturated carbocycles. The largest absolute Gasteiger partial charge is 0.441 e. The number of rotatable bonds is 1. The Labute approximate surface area is 76.0 Å². The lowest BCUT2D eigenvalue weighted by molar-refractivity contribution is 0.537. The second kappa shape index (κ2) is 2.83. The summed E-state index contributed by atoms with van der Waals surface area (Å²) in [5.41, 5.74) is 1.73. The van der Waals surface area contributed by atoms with Crippen LogP contribution in [0.3, 0.4) is 0 Å². The van der Waals surface area contributed by atoms with Gasteiger partial charge in [0.05, 0.1) is 0 Å². The van der Waals surface area contributed by atoms with Gasteiger partial charge in [-0.25, -0.2) is 4.98 Å². The maximum absolute atomic E-state index is 5.44. The van der Waals surface area contributed by atoms with Gasteiger partial charge in [0.25, 0.3) is 0 Å². The molecule has 1 heterocycles. The lowest BCUT2D eigenvalue weighted by Crippen LogP contribution is -1.74. The number of benzene rings is 1. The van der Waals surface area contributed by atoms with Crippen molar-refractivity contribution >= 4 is 23.7 Å². The van der Waals surface area contributed by atoms with Crippen molar-refractivity contribution in [2.24, 2.45) is 0 Å². The third kappa shape index (κ3) is 1.20. The highest BCUT2D eigenvalue weighted by Gasteiger charge is 2.02. The molecule has 0 fully saturated rings. The summed E-state index contributed by atoms with van der Waals surface area (Å²) in [7, 11) is 0. The van der Waals surface area contributed by atoms with E-state index >= 15 is 0 Å². The third-order valence-electron chi connectivity index (χ3n) is 1.72. The molecular weight excluding hydrogens is 170 g/mol. The summed E-state index contributed by atoms with van der Waals surface area (Å²) in [6.07, 6.45) is 0.830. The Balaban J connectivity index is 2.67.